The lowest BCUT2D eigenvalue weighted by Gasteiger charge is -2.16. The van der Waals surface area contributed by atoms with Gasteiger partial charge in [0.25, 0.3) is 0 Å². The van der Waals surface area contributed by atoms with Crippen molar-refractivity contribution in [2.24, 2.45) is 0 Å². The van der Waals surface area contributed by atoms with E-state index in [1.54, 1.807) is 7.05 Å². The Bertz CT molecular complexity index is 337. The normalized spacial score (nSPS) is 14.7. The van der Waals surface area contributed by atoms with Gasteiger partial charge in [-0.15, -0.1) is 0 Å². The maximum atomic E-state index is 11.7. The van der Waals surface area contributed by atoms with Crippen molar-refractivity contribution < 1.29 is 9.59 Å². The molecule has 0 saturated heterocycles. The maximum Gasteiger partial charge on any atom is 0.311 e. The molecule has 0 spiro atoms. The number of allylic oxidation sites excluding steroid dienone is 1. The minimum absolute atomic E-state index is 0.425. The lowest BCUT2D eigenvalue weighted by Crippen LogP contribution is -2.41. The highest BCUT2D eigenvalue weighted by atomic mass is 16.2. The van der Waals surface area contributed by atoms with Gasteiger partial charge in [0, 0.05) is 20.1 Å². The molecule has 0 heterocycles. The Balaban J connectivity index is 2.22. The summed E-state index contributed by atoms with van der Waals surface area (Å²) < 4.78 is 0. The van der Waals surface area contributed by atoms with Crippen molar-refractivity contribution in [1.29, 1.82) is 0 Å². The molecule has 4 heteroatoms. The van der Waals surface area contributed by atoms with E-state index in [9.17, 15) is 9.59 Å². The molecular formula is C15H26N2O2. The average Bonchev–Trinajstić information content (AvgIpc) is 2.44. The SMILES string of the molecule is CCCCN(C)C(=O)C(=O)NCCC1=CCCCC1. The Morgan fingerprint density at radius 1 is 1.37 bits per heavy atom. The summed E-state index contributed by atoms with van der Waals surface area (Å²) in [5.41, 5.74) is 1.42. The van der Waals surface area contributed by atoms with Gasteiger partial charge < -0.3 is 10.2 Å². The summed E-state index contributed by atoms with van der Waals surface area (Å²) in [6.07, 6.45) is 9.91. The number of likely N-dealkylation sites (N-methyl/N-ethyl adjacent to an activating group) is 1. The molecule has 0 fully saturated rings. The van der Waals surface area contributed by atoms with Gasteiger partial charge in [-0.3, -0.25) is 9.59 Å². The Morgan fingerprint density at radius 2 is 2.16 bits per heavy atom. The number of nitrogens with one attached hydrogen (secondary N) is 1. The lowest BCUT2D eigenvalue weighted by molar-refractivity contribution is -0.145. The number of carbonyl (C=O) groups is 2. The first-order valence-corrected chi connectivity index (χ1v) is 7.36. The molecule has 108 valence electrons. The summed E-state index contributed by atoms with van der Waals surface area (Å²) in [7, 11) is 1.68. The first kappa shape index (κ1) is 15.7. The highest BCUT2D eigenvalue weighted by Gasteiger charge is 2.17. The fourth-order valence-corrected chi connectivity index (χ4v) is 2.21. The molecule has 4 nitrogen and oxygen atoms in total. The van der Waals surface area contributed by atoms with Crippen molar-refractivity contribution in [2.75, 3.05) is 20.1 Å². The van der Waals surface area contributed by atoms with Gasteiger partial charge in [0.1, 0.15) is 0 Å². The largest absolute Gasteiger partial charge is 0.348 e. The Hall–Kier alpha value is -1.32. The number of hydrogen-bond acceptors (Lipinski definition) is 2. The fraction of sp³-hybridized carbons (Fsp3) is 0.733. The smallest absolute Gasteiger partial charge is 0.311 e. The molecule has 1 rings (SSSR count). The van der Waals surface area contributed by atoms with Crippen molar-refractivity contribution in [3.8, 4) is 0 Å². The topological polar surface area (TPSA) is 49.4 Å². The average molecular weight is 266 g/mol. The van der Waals surface area contributed by atoms with Crippen LogP contribution in [0.2, 0.25) is 0 Å². The third kappa shape index (κ3) is 5.90. The van der Waals surface area contributed by atoms with E-state index in [-0.39, 0.29) is 0 Å². The van der Waals surface area contributed by atoms with Crippen LogP contribution in [-0.4, -0.2) is 36.9 Å². The molecule has 0 radical (unpaired) electrons. The van der Waals surface area contributed by atoms with Gasteiger partial charge in [0.05, 0.1) is 0 Å². The van der Waals surface area contributed by atoms with Gasteiger partial charge in [0.15, 0.2) is 0 Å². The summed E-state index contributed by atoms with van der Waals surface area (Å²) in [4.78, 5) is 24.9. The second kappa shape index (κ2) is 8.73. The molecule has 2 amide bonds. The van der Waals surface area contributed by atoms with E-state index in [0.717, 1.165) is 32.1 Å². The van der Waals surface area contributed by atoms with Gasteiger partial charge in [-0.1, -0.05) is 25.0 Å². The molecule has 19 heavy (non-hydrogen) atoms. The number of amides is 2. The molecule has 1 N–H and O–H groups in total. The van der Waals surface area contributed by atoms with Crippen LogP contribution in [0.4, 0.5) is 0 Å². The quantitative estimate of drug-likeness (QED) is 0.592. The van der Waals surface area contributed by atoms with Gasteiger partial charge in [0.2, 0.25) is 0 Å². The number of unbranched alkanes of at least 4 members (excludes halogenated alkanes) is 1. The second-order valence-electron chi connectivity index (χ2n) is 5.19. The maximum absolute atomic E-state index is 11.7. The molecule has 0 aromatic carbocycles. The van der Waals surface area contributed by atoms with Crippen LogP contribution in [-0.2, 0) is 9.59 Å². The second-order valence-corrected chi connectivity index (χ2v) is 5.19. The zero-order valence-electron chi connectivity index (χ0n) is 12.2. The molecule has 0 bridgehead atoms. The monoisotopic (exact) mass is 266 g/mol. The molecule has 0 aromatic rings. The number of hydrogen-bond donors (Lipinski definition) is 1. The van der Waals surface area contributed by atoms with Crippen molar-refractivity contribution in [3.63, 3.8) is 0 Å². The summed E-state index contributed by atoms with van der Waals surface area (Å²) in [5.74, 6) is -0.902. The van der Waals surface area contributed by atoms with E-state index in [2.05, 4.69) is 18.3 Å². The summed E-state index contributed by atoms with van der Waals surface area (Å²) in [6.45, 7) is 3.28. The summed E-state index contributed by atoms with van der Waals surface area (Å²) >= 11 is 0. The Morgan fingerprint density at radius 3 is 2.79 bits per heavy atom. The standard InChI is InChI=1S/C15H26N2O2/c1-3-4-12-17(2)15(19)14(18)16-11-10-13-8-6-5-7-9-13/h8H,3-7,9-12H2,1-2H3,(H,16,18). The third-order valence-electron chi connectivity index (χ3n) is 3.50. The van der Waals surface area contributed by atoms with E-state index in [4.69, 9.17) is 0 Å². The van der Waals surface area contributed by atoms with E-state index < -0.39 is 11.8 Å². The molecule has 1 aliphatic rings. The molecule has 0 unspecified atom stereocenters. The first-order chi connectivity index (χ1) is 9.15. The van der Waals surface area contributed by atoms with Crippen LogP contribution in [0.25, 0.3) is 0 Å². The van der Waals surface area contributed by atoms with E-state index in [1.807, 2.05) is 0 Å². The third-order valence-corrected chi connectivity index (χ3v) is 3.50. The summed E-state index contributed by atoms with van der Waals surface area (Å²) in [5, 5.41) is 2.72. The fourth-order valence-electron chi connectivity index (χ4n) is 2.21. The van der Waals surface area contributed by atoms with Gasteiger partial charge >= 0.3 is 11.8 Å². The van der Waals surface area contributed by atoms with Crippen molar-refractivity contribution in [1.82, 2.24) is 10.2 Å². The molecule has 0 aliphatic heterocycles. The van der Waals surface area contributed by atoms with Crippen LogP contribution in [0, 0.1) is 0 Å². The number of rotatable bonds is 6. The van der Waals surface area contributed by atoms with E-state index >= 15 is 0 Å². The van der Waals surface area contributed by atoms with Crippen LogP contribution >= 0.6 is 0 Å². The van der Waals surface area contributed by atoms with Gasteiger partial charge in [-0.05, 0) is 38.5 Å². The van der Waals surface area contributed by atoms with Crippen molar-refractivity contribution in [2.45, 2.75) is 51.9 Å². The minimum atomic E-state index is -0.477. The van der Waals surface area contributed by atoms with Crippen LogP contribution in [0.15, 0.2) is 11.6 Å². The Kier molecular flexibility index (Phi) is 7.23. The number of nitrogens with zero attached hydrogens (tertiary/aromatic N) is 1. The predicted octanol–water partition coefficient (Wildman–Crippen LogP) is 2.25. The van der Waals surface area contributed by atoms with Gasteiger partial charge in [-0.2, -0.15) is 0 Å². The summed E-state index contributed by atoms with van der Waals surface area (Å²) in [6, 6.07) is 0. The van der Waals surface area contributed by atoms with Crippen LogP contribution in [0.1, 0.15) is 51.9 Å². The van der Waals surface area contributed by atoms with Crippen molar-refractivity contribution >= 4 is 11.8 Å². The highest BCUT2D eigenvalue weighted by Crippen LogP contribution is 2.19. The lowest BCUT2D eigenvalue weighted by atomic mass is 9.97. The molecule has 1 aliphatic carbocycles. The molecular weight excluding hydrogens is 240 g/mol. The first-order valence-electron chi connectivity index (χ1n) is 7.36. The van der Waals surface area contributed by atoms with E-state index in [0.29, 0.717) is 13.1 Å². The van der Waals surface area contributed by atoms with Gasteiger partial charge in [-0.25, -0.2) is 0 Å². The Labute approximate surface area is 116 Å². The van der Waals surface area contributed by atoms with Crippen molar-refractivity contribution in [3.05, 3.63) is 11.6 Å². The minimum Gasteiger partial charge on any atom is -0.348 e. The van der Waals surface area contributed by atoms with Crippen LogP contribution in [0.3, 0.4) is 0 Å². The zero-order valence-corrected chi connectivity index (χ0v) is 12.2. The van der Waals surface area contributed by atoms with E-state index in [1.165, 1.54) is 23.3 Å². The molecule has 0 saturated carbocycles. The molecule has 0 aromatic heterocycles. The molecule has 0 atom stereocenters. The number of carbonyl (C=O) groups excluding carboxylic acids is 2. The highest BCUT2D eigenvalue weighted by molar-refractivity contribution is 6.34. The van der Waals surface area contributed by atoms with Crippen LogP contribution < -0.4 is 5.32 Å². The van der Waals surface area contributed by atoms with Crippen LogP contribution in [0.5, 0.6) is 0 Å². The predicted molar refractivity (Wildman–Crippen MR) is 76.7 cm³/mol. The zero-order chi connectivity index (χ0) is 14.1.